The van der Waals surface area contributed by atoms with E-state index >= 15 is 0 Å². The molecule has 5 nitrogen and oxygen atoms in total. The Morgan fingerprint density at radius 3 is 3.04 bits per heavy atom. The lowest BCUT2D eigenvalue weighted by Gasteiger charge is -2.24. The van der Waals surface area contributed by atoms with Gasteiger partial charge in [0.05, 0.1) is 17.1 Å². The first kappa shape index (κ1) is 15.6. The van der Waals surface area contributed by atoms with E-state index in [2.05, 4.69) is 26.3 Å². The zero-order valence-electron chi connectivity index (χ0n) is 14.3. The maximum atomic E-state index is 12.5. The fourth-order valence-electron chi connectivity index (χ4n) is 4.41. The van der Waals surface area contributed by atoms with Gasteiger partial charge in [-0.05, 0) is 44.2 Å². The molecule has 1 amide bonds. The van der Waals surface area contributed by atoms with E-state index in [1.807, 2.05) is 25.1 Å². The smallest absolute Gasteiger partial charge is 0.237 e. The van der Waals surface area contributed by atoms with Gasteiger partial charge in [0.1, 0.15) is 5.82 Å². The fraction of sp³-hybridized carbons (Fsp3) is 0.579. The van der Waals surface area contributed by atoms with Gasteiger partial charge in [-0.1, -0.05) is 25.0 Å². The van der Waals surface area contributed by atoms with Gasteiger partial charge in [0, 0.05) is 19.1 Å². The number of amides is 1. The SMILES string of the molecule is Cc1nc2ccccc2n1CCNC(=O)C1CC2CCCCC2N1. The van der Waals surface area contributed by atoms with Crippen molar-refractivity contribution in [2.75, 3.05) is 6.54 Å². The lowest BCUT2D eigenvalue weighted by Crippen LogP contribution is -2.44. The average Bonchev–Trinajstić information content (AvgIpc) is 3.16. The number of carbonyl (C=O) groups is 1. The molecular weight excluding hydrogens is 300 g/mol. The number of benzene rings is 1. The fourth-order valence-corrected chi connectivity index (χ4v) is 4.41. The van der Waals surface area contributed by atoms with Crippen LogP contribution in [-0.2, 0) is 11.3 Å². The number of imidazole rings is 1. The van der Waals surface area contributed by atoms with Crippen LogP contribution in [0.3, 0.4) is 0 Å². The van der Waals surface area contributed by atoms with Crippen molar-refractivity contribution < 1.29 is 4.79 Å². The van der Waals surface area contributed by atoms with Crippen LogP contribution in [0, 0.1) is 12.8 Å². The summed E-state index contributed by atoms with van der Waals surface area (Å²) in [4.78, 5) is 17.0. The molecule has 3 atom stereocenters. The molecule has 4 rings (SSSR count). The van der Waals surface area contributed by atoms with Gasteiger partial charge in [-0.25, -0.2) is 4.98 Å². The highest BCUT2D eigenvalue weighted by Crippen LogP contribution is 2.33. The Hall–Kier alpha value is -1.88. The lowest BCUT2D eigenvalue weighted by atomic mass is 9.85. The highest BCUT2D eigenvalue weighted by atomic mass is 16.2. The van der Waals surface area contributed by atoms with Gasteiger partial charge in [0.2, 0.25) is 5.91 Å². The summed E-state index contributed by atoms with van der Waals surface area (Å²) in [5, 5.41) is 6.66. The van der Waals surface area contributed by atoms with Gasteiger partial charge >= 0.3 is 0 Å². The minimum Gasteiger partial charge on any atom is -0.353 e. The van der Waals surface area contributed by atoms with Crippen molar-refractivity contribution in [2.24, 2.45) is 5.92 Å². The minimum absolute atomic E-state index is 0.00118. The van der Waals surface area contributed by atoms with E-state index in [-0.39, 0.29) is 11.9 Å². The van der Waals surface area contributed by atoms with Crippen molar-refractivity contribution in [3.8, 4) is 0 Å². The van der Waals surface area contributed by atoms with E-state index in [1.54, 1.807) is 0 Å². The summed E-state index contributed by atoms with van der Waals surface area (Å²) in [6.07, 6.45) is 6.14. The predicted octanol–water partition coefficient (Wildman–Crippen LogP) is 2.38. The molecule has 1 saturated carbocycles. The van der Waals surface area contributed by atoms with Crippen LogP contribution in [0.25, 0.3) is 11.0 Å². The van der Waals surface area contributed by atoms with Gasteiger partial charge in [-0.15, -0.1) is 0 Å². The second kappa shape index (κ2) is 6.55. The topological polar surface area (TPSA) is 59.0 Å². The van der Waals surface area contributed by atoms with Crippen LogP contribution in [-0.4, -0.2) is 34.1 Å². The van der Waals surface area contributed by atoms with Crippen LogP contribution >= 0.6 is 0 Å². The monoisotopic (exact) mass is 326 g/mol. The number of nitrogens with zero attached hydrogens (tertiary/aromatic N) is 2. The molecule has 2 fully saturated rings. The zero-order chi connectivity index (χ0) is 16.5. The van der Waals surface area contributed by atoms with Crippen LogP contribution in [0.5, 0.6) is 0 Å². The van der Waals surface area contributed by atoms with Gasteiger partial charge < -0.3 is 15.2 Å². The molecule has 2 heterocycles. The first-order valence-electron chi connectivity index (χ1n) is 9.18. The number of carbonyl (C=O) groups excluding carboxylic acids is 1. The summed E-state index contributed by atoms with van der Waals surface area (Å²) in [7, 11) is 0. The summed E-state index contributed by atoms with van der Waals surface area (Å²) < 4.78 is 2.18. The third-order valence-corrected chi connectivity index (χ3v) is 5.66. The van der Waals surface area contributed by atoms with Crippen LogP contribution in [0.1, 0.15) is 37.9 Å². The highest BCUT2D eigenvalue weighted by molar-refractivity contribution is 5.82. The molecular formula is C19H26N4O. The quantitative estimate of drug-likeness (QED) is 0.907. The highest BCUT2D eigenvalue weighted by Gasteiger charge is 2.37. The number of hydrogen-bond donors (Lipinski definition) is 2. The normalized spacial score (nSPS) is 26.5. The molecule has 5 heteroatoms. The van der Waals surface area contributed by atoms with Crippen LogP contribution in [0.15, 0.2) is 24.3 Å². The number of aromatic nitrogens is 2. The van der Waals surface area contributed by atoms with Gasteiger partial charge in [-0.2, -0.15) is 0 Å². The molecule has 1 aromatic heterocycles. The molecule has 128 valence electrons. The van der Waals surface area contributed by atoms with E-state index in [1.165, 1.54) is 25.7 Å². The number of para-hydroxylation sites is 2. The number of fused-ring (bicyclic) bond motifs is 2. The molecule has 0 spiro atoms. The van der Waals surface area contributed by atoms with Crippen LogP contribution < -0.4 is 10.6 Å². The largest absolute Gasteiger partial charge is 0.353 e. The molecule has 3 unspecified atom stereocenters. The first-order valence-corrected chi connectivity index (χ1v) is 9.18. The van der Waals surface area contributed by atoms with E-state index in [0.29, 0.717) is 18.5 Å². The molecule has 24 heavy (non-hydrogen) atoms. The number of nitrogens with one attached hydrogen (secondary N) is 2. The number of rotatable bonds is 4. The minimum atomic E-state index is -0.00118. The van der Waals surface area contributed by atoms with Crippen molar-refractivity contribution in [1.82, 2.24) is 20.2 Å². The Labute approximate surface area is 142 Å². The summed E-state index contributed by atoms with van der Waals surface area (Å²) >= 11 is 0. The number of hydrogen-bond acceptors (Lipinski definition) is 3. The standard InChI is InChI=1S/C19H26N4O/c1-13-21-16-8-4-5-9-18(16)23(13)11-10-20-19(24)17-12-14-6-2-3-7-15(14)22-17/h4-5,8-9,14-15,17,22H,2-3,6-7,10-12H2,1H3,(H,20,24). The van der Waals surface area contributed by atoms with Crippen molar-refractivity contribution >= 4 is 16.9 Å². The number of aryl methyl sites for hydroxylation is 1. The van der Waals surface area contributed by atoms with E-state index < -0.39 is 0 Å². The Morgan fingerprint density at radius 1 is 1.33 bits per heavy atom. The summed E-state index contributed by atoms with van der Waals surface area (Å²) in [5.41, 5.74) is 2.15. The van der Waals surface area contributed by atoms with E-state index in [4.69, 9.17) is 0 Å². The molecule has 2 aliphatic rings. The molecule has 1 saturated heterocycles. The molecule has 0 radical (unpaired) electrons. The van der Waals surface area contributed by atoms with Crippen molar-refractivity contribution in [2.45, 2.75) is 57.7 Å². The second-order valence-corrected chi connectivity index (χ2v) is 7.20. The third-order valence-electron chi connectivity index (χ3n) is 5.66. The van der Waals surface area contributed by atoms with Gasteiger partial charge in [0.15, 0.2) is 0 Å². The van der Waals surface area contributed by atoms with E-state index in [0.717, 1.165) is 29.8 Å². The lowest BCUT2D eigenvalue weighted by molar-refractivity contribution is -0.122. The summed E-state index contributed by atoms with van der Waals surface area (Å²) in [6, 6.07) is 8.71. The van der Waals surface area contributed by atoms with Gasteiger partial charge in [0.25, 0.3) is 0 Å². The maximum Gasteiger partial charge on any atom is 0.237 e. The molecule has 0 bridgehead atoms. The Balaban J connectivity index is 1.34. The second-order valence-electron chi connectivity index (χ2n) is 7.20. The predicted molar refractivity (Wildman–Crippen MR) is 94.8 cm³/mol. The van der Waals surface area contributed by atoms with Crippen molar-refractivity contribution in [3.05, 3.63) is 30.1 Å². The average molecular weight is 326 g/mol. The van der Waals surface area contributed by atoms with Crippen LogP contribution in [0.4, 0.5) is 0 Å². The Bertz CT molecular complexity index is 724. The third kappa shape index (κ3) is 2.93. The zero-order valence-corrected chi connectivity index (χ0v) is 14.3. The first-order chi connectivity index (χ1) is 11.7. The van der Waals surface area contributed by atoms with Crippen molar-refractivity contribution in [1.29, 1.82) is 0 Å². The molecule has 1 aliphatic heterocycles. The summed E-state index contributed by atoms with van der Waals surface area (Å²) in [6.45, 7) is 3.43. The Kier molecular flexibility index (Phi) is 4.27. The van der Waals surface area contributed by atoms with E-state index in [9.17, 15) is 4.79 Å². The van der Waals surface area contributed by atoms with Crippen LogP contribution in [0.2, 0.25) is 0 Å². The molecule has 2 aromatic rings. The summed E-state index contributed by atoms with van der Waals surface area (Å²) in [5.74, 6) is 1.86. The van der Waals surface area contributed by atoms with Crippen molar-refractivity contribution in [3.63, 3.8) is 0 Å². The molecule has 1 aliphatic carbocycles. The maximum absolute atomic E-state index is 12.5. The Morgan fingerprint density at radius 2 is 2.17 bits per heavy atom. The molecule has 1 aromatic carbocycles. The molecule has 2 N–H and O–H groups in total. The van der Waals surface area contributed by atoms with Gasteiger partial charge in [-0.3, -0.25) is 4.79 Å².